The summed E-state index contributed by atoms with van der Waals surface area (Å²) in [6, 6.07) is 4.66. The molecule has 2 rings (SSSR count). The fourth-order valence-electron chi connectivity index (χ4n) is 2.22. The van der Waals surface area contributed by atoms with Crippen LogP contribution in [0.3, 0.4) is 0 Å². The number of rotatable bonds is 3. The predicted octanol–water partition coefficient (Wildman–Crippen LogP) is 1.83. The minimum absolute atomic E-state index is 0.130. The summed E-state index contributed by atoms with van der Waals surface area (Å²) in [6.45, 7) is 1.34. The van der Waals surface area contributed by atoms with Crippen LogP contribution in [0.15, 0.2) is 23.3 Å². The zero-order valence-corrected chi connectivity index (χ0v) is 11.6. The standard InChI is InChI=1S/C15H17FN4O/c16-14-6-12(19)5-10(7-17)15(14)11(8-18)9-20-13-1-3-21-4-2-13/h5-6,8-9,13H,1-4,18-19H2/b11-8+,20-9?. The van der Waals surface area contributed by atoms with Crippen LogP contribution in [0.1, 0.15) is 24.0 Å². The normalized spacial score (nSPS) is 17.0. The number of ether oxygens (including phenoxy) is 1. The van der Waals surface area contributed by atoms with Gasteiger partial charge in [-0.25, -0.2) is 4.39 Å². The molecular formula is C15H17FN4O. The van der Waals surface area contributed by atoms with Crippen molar-refractivity contribution in [1.29, 1.82) is 5.26 Å². The number of benzene rings is 1. The van der Waals surface area contributed by atoms with Crippen molar-refractivity contribution in [2.24, 2.45) is 10.7 Å². The molecule has 0 atom stereocenters. The molecule has 0 saturated carbocycles. The van der Waals surface area contributed by atoms with Gasteiger partial charge in [-0.3, -0.25) is 4.99 Å². The van der Waals surface area contributed by atoms with Gasteiger partial charge in [0, 0.05) is 42.5 Å². The van der Waals surface area contributed by atoms with Crippen molar-refractivity contribution in [3.8, 4) is 6.07 Å². The SMILES string of the molecule is N#Cc1cc(N)cc(F)c1/C(C=NC1CCOCC1)=C/N. The Hall–Kier alpha value is -2.39. The van der Waals surface area contributed by atoms with E-state index in [0.717, 1.165) is 12.8 Å². The number of hydrogen-bond acceptors (Lipinski definition) is 5. The van der Waals surface area contributed by atoms with Crippen LogP contribution in [0.25, 0.3) is 5.57 Å². The molecule has 110 valence electrons. The lowest BCUT2D eigenvalue weighted by atomic mass is 10.00. The lowest BCUT2D eigenvalue weighted by Crippen LogP contribution is -2.18. The van der Waals surface area contributed by atoms with Crippen LogP contribution in [-0.2, 0) is 4.74 Å². The van der Waals surface area contributed by atoms with Gasteiger partial charge in [0.05, 0.1) is 17.7 Å². The second kappa shape index (κ2) is 6.86. The topological polar surface area (TPSA) is 97.4 Å². The molecule has 1 saturated heterocycles. The van der Waals surface area contributed by atoms with Gasteiger partial charge in [-0.15, -0.1) is 0 Å². The number of anilines is 1. The number of nitrogens with two attached hydrogens (primary N) is 2. The Morgan fingerprint density at radius 3 is 2.76 bits per heavy atom. The summed E-state index contributed by atoms with van der Waals surface area (Å²) in [4.78, 5) is 4.41. The van der Waals surface area contributed by atoms with Crippen molar-refractivity contribution in [3.63, 3.8) is 0 Å². The second-order valence-electron chi connectivity index (χ2n) is 4.78. The van der Waals surface area contributed by atoms with Gasteiger partial charge in [0.15, 0.2) is 0 Å². The molecule has 1 heterocycles. The Bertz CT molecular complexity index is 613. The fourth-order valence-corrected chi connectivity index (χ4v) is 2.22. The average molecular weight is 288 g/mol. The van der Waals surface area contributed by atoms with E-state index in [4.69, 9.17) is 21.5 Å². The molecule has 1 aliphatic heterocycles. The highest BCUT2D eigenvalue weighted by molar-refractivity contribution is 6.10. The maximum atomic E-state index is 14.1. The Balaban J connectivity index is 2.30. The molecular weight excluding hydrogens is 271 g/mol. The Labute approximate surface area is 122 Å². The first kappa shape index (κ1) is 15.0. The Kier molecular flexibility index (Phi) is 4.90. The quantitative estimate of drug-likeness (QED) is 0.655. The summed E-state index contributed by atoms with van der Waals surface area (Å²) < 4.78 is 19.3. The Morgan fingerprint density at radius 2 is 2.14 bits per heavy atom. The van der Waals surface area contributed by atoms with E-state index >= 15 is 0 Å². The highest BCUT2D eigenvalue weighted by Gasteiger charge is 2.15. The monoisotopic (exact) mass is 288 g/mol. The van der Waals surface area contributed by atoms with E-state index in [9.17, 15) is 4.39 Å². The van der Waals surface area contributed by atoms with Crippen LogP contribution in [0.2, 0.25) is 0 Å². The summed E-state index contributed by atoms with van der Waals surface area (Å²) in [6.07, 6.45) is 4.41. The summed E-state index contributed by atoms with van der Waals surface area (Å²) in [5.41, 5.74) is 12.0. The number of nitriles is 1. The summed E-state index contributed by atoms with van der Waals surface area (Å²) in [5.74, 6) is -0.582. The first-order valence-electron chi connectivity index (χ1n) is 6.68. The van der Waals surface area contributed by atoms with Crippen LogP contribution in [0, 0.1) is 17.1 Å². The lowest BCUT2D eigenvalue weighted by Gasteiger charge is -2.18. The third kappa shape index (κ3) is 3.58. The van der Waals surface area contributed by atoms with Gasteiger partial charge in [0.25, 0.3) is 0 Å². The number of allylic oxidation sites excluding steroid dienone is 1. The zero-order chi connectivity index (χ0) is 15.2. The molecule has 0 aliphatic carbocycles. The van der Waals surface area contributed by atoms with E-state index in [-0.39, 0.29) is 22.9 Å². The van der Waals surface area contributed by atoms with Crippen molar-refractivity contribution in [3.05, 3.63) is 35.3 Å². The fraction of sp³-hybridized carbons (Fsp3) is 0.333. The Morgan fingerprint density at radius 1 is 1.43 bits per heavy atom. The molecule has 21 heavy (non-hydrogen) atoms. The molecule has 0 bridgehead atoms. The molecule has 0 aromatic heterocycles. The van der Waals surface area contributed by atoms with Crippen molar-refractivity contribution in [2.45, 2.75) is 18.9 Å². The maximum Gasteiger partial charge on any atom is 0.134 e. The third-order valence-electron chi connectivity index (χ3n) is 3.32. The third-order valence-corrected chi connectivity index (χ3v) is 3.32. The van der Waals surface area contributed by atoms with Gasteiger partial charge >= 0.3 is 0 Å². The van der Waals surface area contributed by atoms with E-state index in [1.54, 1.807) is 0 Å². The van der Waals surface area contributed by atoms with Gasteiger partial charge in [-0.2, -0.15) is 5.26 Å². The van der Waals surface area contributed by atoms with Crippen molar-refractivity contribution in [1.82, 2.24) is 0 Å². The molecule has 0 radical (unpaired) electrons. The number of hydrogen-bond donors (Lipinski definition) is 2. The molecule has 5 nitrogen and oxygen atoms in total. The largest absolute Gasteiger partial charge is 0.404 e. The molecule has 1 fully saturated rings. The zero-order valence-electron chi connectivity index (χ0n) is 11.6. The number of nitrogens with zero attached hydrogens (tertiary/aromatic N) is 2. The minimum Gasteiger partial charge on any atom is -0.404 e. The van der Waals surface area contributed by atoms with E-state index < -0.39 is 5.82 Å². The van der Waals surface area contributed by atoms with Gasteiger partial charge in [0.2, 0.25) is 0 Å². The molecule has 1 aromatic rings. The summed E-state index contributed by atoms with van der Waals surface area (Å²) >= 11 is 0. The smallest absolute Gasteiger partial charge is 0.134 e. The highest BCUT2D eigenvalue weighted by atomic mass is 19.1. The van der Waals surface area contributed by atoms with Gasteiger partial charge < -0.3 is 16.2 Å². The average Bonchev–Trinajstić information content (AvgIpc) is 2.50. The van der Waals surface area contributed by atoms with Crippen LogP contribution >= 0.6 is 0 Å². The molecule has 0 spiro atoms. The first-order valence-corrected chi connectivity index (χ1v) is 6.68. The molecule has 6 heteroatoms. The molecule has 0 amide bonds. The molecule has 4 N–H and O–H groups in total. The highest BCUT2D eigenvalue weighted by Crippen LogP contribution is 2.24. The van der Waals surface area contributed by atoms with E-state index in [1.807, 2.05) is 6.07 Å². The number of aliphatic imine (C=N–C) groups is 1. The number of halogens is 1. The van der Waals surface area contributed by atoms with Gasteiger partial charge in [0.1, 0.15) is 5.82 Å². The van der Waals surface area contributed by atoms with E-state index in [1.165, 1.54) is 24.5 Å². The van der Waals surface area contributed by atoms with E-state index in [2.05, 4.69) is 4.99 Å². The lowest BCUT2D eigenvalue weighted by molar-refractivity contribution is 0.0872. The van der Waals surface area contributed by atoms with Crippen molar-refractivity contribution in [2.75, 3.05) is 18.9 Å². The second-order valence-corrected chi connectivity index (χ2v) is 4.78. The van der Waals surface area contributed by atoms with E-state index in [0.29, 0.717) is 18.8 Å². The van der Waals surface area contributed by atoms with Gasteiger partial charge in [-0.1, -0.05) is 0 Å². The maximum absolute atomic E-state index is 14.1. The van der Waals surface area contributed by atoms with Crippen LogP contribution in [-0.4, -0.2) is 25.5 Å². The van der Waals surface area contributed by atoms with Crippen LogP contribution in [0.5, 0.6) is 0 Å². The van der Waals surface area contributed by atoms with Crippen LogP contribution in [0.4, 0.5) is 10.1 Å². The number of nitrogen functional groups attached to an aromatic ring is 1. The molecule has 1 aliphatic rings. The summed E-state index contributed by atoms with van der Waals surface area (Å²) in [5, 5.41) is 9.13. The predicted molar refractivity (Wildman–Crippen MR) is 80.0 cm³/mol. The van der Waals surface area contributed by atoms with Crippen molar-refractivity contribution < 1.29 is 9.13 Å². The van der Waals surface area contributed by atoms with Gasteiger partial charge in [-0.05, 0) is 25.0 Å². The molecule has 0 unspecified atom stereocenters. The summed E-state index contributed by atoms with van der Waals surface area (Å²) in [7, 11) is 0. The van der Waals surface area contributed by atoms with Crippen LogP contribution < -0.4 is 11.5 Å². The molecule has 1 aromatic carbocycles. The minimum atomic E-state index is -0.582. The first-order chi connectivity index (χ1) is 10.2. The van der Waals surface area contributed by atoms with Crippen molar-refractivity contribution >= 4 is 17.5 Å².